The first kappa shape index (κ1) is 22.1. The van der Waals surface area contributed by atoms with Gasteiger partial charge >= 0.3 is 5.97 Å². The zero-order chi connectivity index (χ0) is 23.2. The van der Waals surface area contributed by atoms with Gasteiger partial charge in [-0.1, -0.05) is 0 Å². The van der Waals surface area contributed by atoms with Crippen molar-refractivity contribution in [3.05, 3.63) is 41.1 Å². The summed E-state index contributed by atoms with van der Waals surface area (Å²) in [6, 6.07) is 3.28. The molecule has 1 amide bonds. The number of benzene rings is 1. The molecule has 1 saturated carbocycles. The van der Waals surface area contributed by atoms with E-state index in [1.807, 2.05) is 0 Å². The molecule has 1 N–H and O–H groups in total. The number of hydrogen-bond donors (Lipinski definition) is 1. The number of nitrogens with zero attached hydrogens (tertiary/aromatic N) is 2. The second-order valence-electron chi connectivity index (χ2n) is 8.86. The van der Waals surface area contributed by atoms with Crippen molar-refractivity contribution in [1.82, 2.24) is 9.78 Å². The minimum atomic E-state index is -1.45. The molecule has 1 fully saturated rings. The third kappa shape index (κ3) is 3.69. The Morgan fingerprint density at radius 2 is 1.94 bits per heavy atom. The van der Waals surface area contributed by atoms with Crippen molar-refractivity contribution in [2.24, 2.45) is 5.41 Å². The number of carbonyl (C=O) groups excluding carboxylic acids is 3. The van der Waals surface area contributed by atoms with Crippen LogP contribution in [0.15, 0.2) is 18.2 Å². The van der Waals surface area contributed by atoms with Crippen molar-refractivity contribution < 1.29 is 27.9 Å². The summed E-state index contributed by atoms with van der Waals surface area (Å²) in [6.07, 6.45) is 2.23. The maximum absolute atomic E-state index is 14.5. The number of Topliss-reactive ketones (excluding diaryl/α,β-unsaturated/α-hetero) is 1. The lowest BCUT2D eigenvalue weighted by atomic mass is 9.86. The number of aromatic nitrogens is 2. The molecule has 2 aromatic rings. The van der Waals surface area contributed by atoms with Gasteiger partial charge in [0.2, 0.25) is 5.91 Å². The van der Waals surface area contributed by atoms with E-state index >= 15 is 0 Å². The van der Waals surface area contributed by atoms with Crippen LogP contribution in [-0.4, -0.2) is 34.0 Å². The van der Waals surface area contributed by atoms with Crippen LogP contribution in [0.25, 0.3) is 5.69 Å². The molecule has 2 aliphatic rings. The Kier molecular flexibility index (Phi) is 5.60. The molecular weight excluding hydrogens is 420 g/mol. The molecule has 2 bridgehead atoms. The molecule has 170 valence electrons. The normalized spacial score (nSPS) is 19.0. The fourth-order valence-corrected chi connectivity index (χ4v) is 4.63. The van der Waals surface area contributed by atoms with Gasteiger partial charge in [0.05, 0.1) is 18.7 Å². The van der Waals surface area contributed by atoms with E-state index in [9.17, 15) is 23.2 Å². The fourth-order valence-electron chi connectivity index (χ4n) is 4.63. The fraction of sp³-hybridized carbons (Fsp3) is 0.478. The van der Waals surface area contributed by atoms with E-state index in [2.05, 4.69) is 10.4 Å². The van der Waals surface area contributed by atoms with E-state index in [4.69, 9.17) is 4.74 Å². The predicted molar refractivity (Wildman–Crippen MR) is 111 cm³/mol. The molecule has 0 saturated heterocycles. The molecule has 0 spiro atoms. The maximum Gasteiger partial charge on any atom is 0.319 e. The second-order valence-corrected chi connectivity index (χ2v) is 8.86. The lowest BCUT2D eigenvalue weighted by Crippen LogP contribution is -2.37. The van der Waals surface area contributed by atoms with Crippen molar-refractivity contribution >= 4 is 23.5 Å². The SMILES string of the molecule is CCOC(=O)C(C)(C)C(=O)CC(=O)Nc1nn(-c2ccc(F)cc2F)c2c1C1CCC2C1. The maximum atomic E-state index is 14.5. The van der Waals surface area contributed by atoms with Crippen LogP contribution in [0.3, 0.4) is 0 Å². The van der Waals surface area contributed by atoms with E-state index in [1.165, 1.54) is 24.6 Å². The molecule has 2 aliphatic carbocycles. The summed E-state index contributed by atoms with van der Waals surface area (Å²) in [5.41, 5.74) is 0.316. The van der Waals surface area contributed by atoms with Crippen LogP contribution in [0.2, 0.25) is 0 Å². The highest BCUT2D eigenvalue weighted by molar-refractivity contribution is 6.12. The summed E-state index contributed by atoms with van der Waals surface area (Å²) in [5, 5.41) is 7.11. The number of ketones is 1. The van der Waals surface area contributed by atoms with Gasteiger partial charge in [-0.25, -0.2) is 13.5 Å². The number of carbonyl (C=O) groups is 3. The van der Waals surface area contributed by atoms with Crippen LogP contribution in [0, 0.1) is 17.0 Å². The largest absolute Gasteiger partial charge is 0.465 e. The van der Waals surface area contributed by atoms with Gasteiger partial charge in [-0.05, 0) is 58.1 Å². The molecule has 1 aromatic heterocycles. The van der Waals surface area contributed by atoms with Crippen molar-refractivity contribution in [1.29, 1.82) is 0 Å². The Hall–Kier alpha value is -3.10. The average molecular weight is 445 g/mol. The first-order valence-corrected chi connectivity index (χ1v) is 10.7. The summed E-state index contributed by atoms with van der Waals surface area (Å²) >= 11 is 0. The molecule has 0 aliphatic heterocycles. The van der Waals surface area contributed by atoms with Crippen molar-refractivity contribution in [3.63, 3.8) is 0 Å². The third-order valence-electron chi connectivity index (χ3n) is 6.39. The minimum absolute atomic E-state index is 0.107. The van der Waals surface area contributed by atoms with Gasteiger partial charge in [0, 0.05) is 17.5 Å². The zero-order valence-corrected chi connectivity index (χ0v) is 18.2. The van der Waals surface area contributed by atoms with E-state index in [0.717, 1.165) is 42.7 Å². The van der Waals surface area contributed by atoms with Crippen molar-refractivity contribution in [3.8, 4) is 5.69 Å². The van der Waals surface area contributed by atoms with E-state index in [0.29, 0.717) is 0 Å². The van der Waals surface area contributed by atoms with Gasteiger partial charge in [0.25, 0.3) is 0 Å². The van der Waals surface area contributed by atoms with Crippen LogP contribution in [0.4, 0.5) is 14.6 Å². The highest BCUT2D eigenvalue weighted by Gasteiger charge is 2.44. The lowest BCUT2D eigenvalue weighted by molar-refractivity contribution is -0.157. The molecule has 2 atom stereocenters. The predicted octanol–water partition coefficient (Wildman–Crippen LogP) is 4.00. The topological polar surface area (TPSA) is 90.3 Å². The summed E-state index contributed by atoms with van der Waals surface area (Å²) in [4.78, 5) is 37.3. The van der Waals surface area contributed by atoms with E-state index < -0.39 is 41.1 Å². The van der Waals surface area contributed by atoms with Crippen LogP contribution < -0.4 is 5.32 Å². The molecule has 1 aromatic carbocycles. The summed E-state index contributed by atoms with van der Waals surface area (Å²) < 4.78 is 34.2. The number of amides is 1. The summed E-state index contributed by atoms with van der Waals surface area (Å²) in [5.74, 6) is -2.65. The van der Waals surface area contributed by atoms with Gasteiger partial charge in [0.15, 0.2) is 17.4 Å². The Labute approximate surface area is 184 Å². The van der Waals surface area contributed by atoms with E-state index in [1.54, 1.807) is 6.92 Å². The molecule has 9 heteroatoms. The Balaban J connectivity index is 1.60. The van der Waals surface area contributed by atoms with Crippen molar-refractivity contribution in [2.75, 3.05) is 11.9 Å². The molecule has 0 radical (unpaired) electrons. The minimum Gasteiger partial charge on any atom is -0.465 e. The van der Waals surface area contributed by atoms with Gasteiger partial charge < -0.3 is 10.1 Å². The van der Waals surface area contributed by atoms with Crippen molar-refractivity contribution in [2.45, 2.75) is 58.3 Å². The Morgan fingerprint density at radius 1 is 1.22 bits per heavy atom. The van der Waals surface area contributed by atoms with Crippen LogP contribution in [0.5, 0.6) is 0 Å². The molecular formula is C23H25F2N3O4. The molecule has 1 heterocycles. The molecule has 7 nitrogen and oxygen atoms in total. The lowest BCUT2D eigenvalue weighted by Gasteiger charge is -2.20. The first-order valence-electron chi connectivity index (χ1n) is 10.7. The Bertz CT molecular complexity index is 1110. The monoisotopic (exact) mass is 445 g/mol. The van der Waals surface area contributed by atoms with Crippen LogP contribution in [0.1, 0.15) is 69.5 Å². The number of rotatable bonds is 7. The second kappa shape index (κ2) is 8.11. The summed E-state index contributed by atoms with van der Waals surface area (Å²) in [6.45, 7) is 4.61. The van der Waals surface area contributed by atoms with Crippen LogP contribution >= 0.6 is 0 Å². The third-order valence-corrected chi connectivity index (χ3v) is 6.39. The summed E-state index contributed by atoms with van der Waals surface area (Å²) in [7, 11) is 0. The van der Waals surface area contributed by atoms with Gasteiger partial charge in [-0.3, -0.25) is 14.4 Å². The average Bonchev–Trinajstić information content (AvgIpc) is 3.42. The zero-order valence-electron chi connectivity index (χ0n) is 18.2. The highest BCUT2D eigenvalue weighted by atomic mass is 19.1. The van der Waals surface area contributed by atoms with Gasteiger partial charge in [-0.15, -0.1) is 5.10 Å². The number of esters is 1. The van der Waals surface area contributed by atoms with E-state index in [-0.39, 0.29) is 29.9 Å². The molecule has 2 unspecified atom stereocenters. The standard InChI is InChI=1S/C23H25F2N3O4/c1-4-32-22(31)23(2,3)17(29)11-18(30)26-21-19-12-5-6-13(9-12)20(19)28(27-21)16-8-7-14(24)10-15(16)25/h7-8,10,12-13H,4-6,9,11H2,1-3H3,(H,26,27,30). The van der Waals surface area contributed by atoms with Crippen LogP contribution in [-0.2, 0) is 19.1 Å². The molecule has 32 heavy (non-hydrogen) atoms. The number of hydrogen-bond acceptors (Lipinski definition) is 5. The van der Waals surface area contributed by atoms with Gasteiger partial charge in [-0.2, -0.15) is 0 Å². The number of ether oxygens (including phenoxy) is 1. The molecule has 4 rings (SSSR count). The number of halogens is 2. The number of fused-ring (bicyclic) bond motifs is 5. The quantitative estimate of drug-likeness (QED) is 0.514. The highest BCUT2D eigenvalue weighted by Crippen LogP contribution is 2.56. The number of nitrogens with one attached hydrogen (secondary N) is 1. The smallest absolute Gasteiger partial charge is 0.319 e. The number of anilines is 1. The Morgan fingerprint density at radius 3 is 2.62 bits per heavy atom. The van der Waals surface area contributed by atoms with Gasteiger partial charge in [0.1, 0.15) is 16.9 Å². The first-order chi connectivity index (χ1) is 15.1.